The molecular weight excluding hydrogens is 412 g/mol. The molecule has 3 aromatic rings. The summed E-state index contributed by atoms with van der Waals surface area (Å²) in [6.07, 6.45) is 0. The van der Waals surface area contributed by atoms with Gasteiger partial charge in [0.2, 0.25) is 0 Å². The van der Waals surface area contributed by atoms with Crippen LogP contribution < -0.4 is 14.2 Å². The highest BCUT2D eigenvalue weighted by Gasteiger charge is 2.19. The van der Waals surface area contributed by atoms with E-state index in [1.54, 1.807) is 31.4 Å². The highest BCUT2D eigenvalue weighted by Crippen LogP contribution is 2.35. The molecule has 0 radical (unpaired) electrons. The first-order valence-corrected chi connectivity index (χ1v) is 11.1. The average Bonchev–Trinajstić information content (AvgIpc) is 3.05. The van der Waals surface area contributed by atoms with Crippen molar-refractivity contribution >= 4 is 38.4 Å². The van der Waals surface area contributed by atoms with Gasteiger partial charge in [0.05, 0.1) is 35.5 Å². The Morgan fingerprint density at radius 1 is 1.24 bits per heavy atom. The first kappa shape index (κ1) is 21.0. The molecule has 152 valence electrons. The standard InChI is InChI=1S/C20H21ClN4O3S/c1-3-25-19-12-16(28-2)8-9-17(19)18(13-22)20(25)14-4-6-15(7-5-14)24-29(26,27)23-11-10-21/h4-9,12,23-24H,3,10-11H2,1-2H3/p+1. The van der Waals surface area contributed by atoms with Crippen LogP contribution in [0.15, 0.2) is 42.5 Å². The molecule has 0 saturated heterocycles. The maximum absolute atomic E-state index is 12.0. The van der Waals surface area contributed by atoms with Gasteiger partial charge in [-0.25, -0.2) is 9.44 Å². The van der Waals surface area contributed by atoms with Crippen molar-refractivity contribution in [1.29, 1.82) is 5.26 Å². The van der Waals surface area contributed by atoms with Crippen molar-refractivity contribution in [3.05, 3.63) is 48.0 Å². The summed E-state index contributed by atoms with van der Waals surface area (Å²) in [7, 11) is -1.95. The summed E-state index contributed by atoms with van der Waals surface area (Å²) in [5, 5.41) is 10.7. The molecule has 0 aliphatic heterocycles. The summed E-state index contributed by atoms with van der Waals surface area (Å²) in [5.74, 6) is 0.960. The zero-order valence-electron chi connectivity index (χ0n) is 16.1. The fourth-order valence-corrected chi connectivity index (χ4v) is 4.51. The maximum Gasteiger partial charge on any atom is 0.390 e. The van der Waals surface area contributed by atoms with E-state index in [0.29, 0.717) is 17.8 Å². The SMILES string of the molecule is CCn1c(-c2ccc(NS(=O)(=O)[NH2+]CCCl)cc2)c(C#N)c2ccc(OC)cc21. The molecule has 0 saturated carbocycles. The minimum Gasteiger partial charge on any atom is -0.497 e. The molecule has 0 aliphatic rings. The lowest BCUT2D eigenvalue weighted by Gasteiger charge is -2.10. The molecule has 0 fully saturated rings. The topological polar surface area (TPSA) is 101 Å². The molecule has 0 aliphatic carbocycles. The molecule has 3 N–H and O–H groups in total. The number of nitrogens with one attached hydrogen (secondary N) is 1. The number of benzene rings is 2. The number of nitriles is 1. The van der Waals surface area contributed by atoms with Crippen LogP contribution in [0.4, 0.5) is 5.69 Å². The van der Waals surface area contributed by atoms with Crippen molar-refractivity contribution in [3.63, 3.8) is 0 Å². The van der Waals surface area contributed by atoms with E-state index < -0.39 is 10.2 Å². The molecule has 3 rings (SSSR count). The zero-order chi connectivity index (χ0) is 21.0. The molecule has 0 bridgehead atoms. The molecule has 9 heteroatoms. The second-order valence-corrected chi connectivity index (χ2v) is 8.34. The number of hydrogen-bond acceptors (Lipinski definition) is 4. The van der Waals surface area contributed by atoms with E-state index in [0.717, 1.165) is 32.6 Å². The van der Waals surface area contributed by atoms with Crippen LogP contribution in [0, 0.1) is 11.3 Å². The highest BCUT2D eigenvalue weighted by atomic mass is 35.5. The van der Waals surface area contributed by atoms with Gasteiger partial charge in [0, 0.05) is 18.0 Å². The number of ether oxygens (including phenoxy) is 1. The molecule has 7 nitrogen and oxygen atoms in total. The Morgan fingerprint density at radius 3 is 2.55 bits per heavy atom. The van der Waals surface area contributed by atoms with E-state index in [-0.39, 0.29) is 12.4 Å². The number of quaternary nitrogens is 1. The molecule has 29 heavy (non-hydrogen) atoms. The van der Waals surface area contributed by atoms with Gasteiger partial charge in [-0.15, -0.1) is 11.6 Å². The van der Waals surface area contributed by atoms with Crippen LogP contribution in [0.5, 0.6) is 5.75 Å². The smallest absolute Gasteiger partial charge is 0.390 e. The molecule has 0 atom stereocenters. The number of methoxy groups -OCH3 is 1. The number of anilines is 1. The van der Waals surface area contributed by atoms with Crippen molar-refractivity contribution in [2.75, 3.05) is 24.3 Å². The Kier molecular flexibility index (Phi) is 6.33. The van der Waals surface area contributed by atoms with E-state index in [1.165, 1.54) is 0 Å². The van der Waals surface area contributed by atoms with Crippen molar-refractivity contribution in [1.82, 2.24) is 4.57 Å². The average molecular weight is 434 g/mol. The fraction of sp³-hybridized carbons (Fsp3) is 0.250. The van der Waals surface area contributed by atoms with Gasteiger partial charge < -0.3 is 9.30 Å². The van der Waals surface area contributed by atoms with Crippen LogP contribution in [0.3, 0.4) is 0 Å². The van der Waals surface area contributed by atoms with Crippen molar-refractivity contribution in [3.8, 4) is 23.1 Å². The van der Waals surface area contributed by atoms with Crippen LogP contribution in [0.2, 0.25) is 0 Å². The highest BCUT2D eigenvalue weighted by molar-refractivity contribution is 7.86. The summed E-state index contributed by atoms with van der Waals surface area (Å²) in [5.41, 5.74) is 3.55. The second-order valence-electron chi connectivity index (χ2n) is 6.33. The number of fused-ring (bicyclic) bond motifs is 1. The number of hydrogen-bond donors (Lipinski definition) is 2. The normalized spacial score (nSPS) is 11.4. The Labute approximate surface area is 175 Å². The minimum absolute atomic E-state index is 0.239. The number of nitrogens with zero attached hydrogens (tertiary/aromatic N) is 2. The number of alkyl halides is 1. The summed E-state index contributed by atoms with van der Waals surface area (Å²) in [6, 6.07) is 14.9. The fourth-order valence-electron chi connectivity index (χ4n) is 3.30. The maximum atomic E-state index is 12.0. The van der Waals surface area contributed by atoms with Gasteiger partial charge in [0.25, 0.3) is 0 Å². The van der Waals surface area contributed by atoms with E-state index in [9.17, 15) is 13.7 Å². The molecule has 0 amide bonds. The lowest BCUT2D eigenvalue weighted by molar-refractivity contribution is -0.490. The predicted molar refractivity (Wildman–Crippen MR) is 114 cm³/mol. The van der Waals surface area contributed by atoms with E-state index >= 15 is 0 Å². The Balaban J connectivity index is 2.03. The van der Waals surface area contributed by atoms with Crippen LogP contribution in [0.25, 0.3) is 22.2 Å². The minimum atomic E-state index is -3.56. The van der Waals surface area contributed by atoms with Gasteiger partial charge in [-0.05, 0) is 36.8 Å². The molecule has 2 aromatic carbocycles. The zero-order valence-corrected chi connectivity index (χ0v) is 17.7. The number of rotatable bonds is 8. The predicted octanol–water partition coefficient (Wildman–Crippen LogP) is 2.67. The lowest BCUT2D eigenvalue weighted by Crippen LogP contribution is -2.89. The van der Waals surface area contributed by atoms with Crippen molar-refractivity contribution in [2.24, 2.45) is 0 Å². The van der Waals surface area contributed by atoms with Crippen molar-refractivity contribution < 1.29 is 17.9 Å². The van der Waals surface area contributed by atoms with Crippen molar-refractivity contribution in [2.45, 2.75) is 13.5 Å². The summed E-state index contributed by atoms with van der Waals surface area (Å²) >= 11 is 5.55. The number of aromatic nitrogens is 1. The van der Waals surface area contributed by atoms with Gasteiger partial charge in [0.15, 0.2) is 0 Å². The van der Waals surface area contributed by atoms with Crippen LogP contribution in [-0.4, -0.2) is 32.5 Å². The third-order valence-electron chi connectivity index (χ3n) is 4.56. The Bertz CT molecular complexity index is 1170. The van der Waals surface area contributed by atoms with Gasteiger partial charge in [0.1, 0.15) is 18.4 Å². The molecule has 0 spiro atoms. The quantitative estimate of drug-likeness (QED) is 0.533. The molecule has 0 unspecified atom stereocenters. The molecule has 1 aromatic heterocycles. The van der Waals surface area contributed by atoms with Gasteiger partial charge in [-0.2, -0.15) is 13.7 Å². The Hall–Kier alpha value is -2.73. The van der Waals surface area contributed by atoms with E-state index in [2.05, 4.69) is 15.4 Å². The third-order valence-corrected chi connectivity index (χ3v) is 5.98. The monoisotopic (exact) mass is 433 g/mol. The van der Waals surface area contributed by atoms with E-state index in [1.807, 2.05) is 25.1 Å². The first-order chi connectivity index (χ1) is 13.9. The Morgan fingerprint density at radius 2 is 1.97 bits per heavy atom. The molecular formula is C20H22ClN4O3S+. The summed E-state index contributed by atoms with van der Waals surface area (Å²) in [4.78, 5) is 0. The third kappa shape index (κ3) is 4.32. The van der Waals surface area contributed by atoms with Gasteiger partial charge in [-0.1, -0.05) is 12.1 Å². The summed E-state index contributed by atoms with van der Waals surface area (Å²) in [6.45, 7) is 2.95. The molecule has 1 heterocycles. The lowest BCUT2D eigenvalue weighted by atomic mass is 10.1. The van der Waals surface area contributed by atoms with Crippen LogP contribution in [0.1, 0.15) is 12.5 Å². The van der Waals surface area contributed by atoms with E-state index in [4.69, 9.17) is 16.3 Å². The van der Waals surface area contributed by atoms with Crippen LogP contribution >= 0.6 is 11.6 Å². The number of halogens is 1. The van der Waals surface area contributed by atoms with Crippen LogP contribution in [-0.2, 0) is 16.8 Å². The van der Waals surface area contributed by atoms with Gasteiger partial charge >= 0.3 is 10.2 Å². The largest absolute Gasteiger partial charge is 0.497 e. The van der Waals surface area contributed by atoms with Gasteiger partial charge in [-0.3, -0.25) is 0 Å². The first-order valence-electron chi connectivity index (χ1n) is 9.06. The second kappa shape index (κ2) is 8.74. The summed E-state index contributed by atoms with van der Waals surface area (Å²) < 4.78 is 35.1. The number of nitrogens with two attached hydrogens (primary N) is 1. The number of aryl methyl sites for hydroxylation is 1.